The molecule has 1 amide bonds. The minimum absolute atomic E-state index is 0.0929. The predicted molar refractivity (Wildman–Crippen MR) is 72.4 cm³/mol. The van der Waals surface area contributed by atoms with Gasteiger partial charge in [0.25, 0.3) is 0 Å². The fourth-order valence-electron chi connectivity index (χ4n) is 1.77. The Morgan fingerprint density at radius 1 is 1.33 bits per heavy atom. The van der Waals surface area contributed by atoms with Gasteiger partial charge in [0.1, 0.15) is 29.5 Å². The van der Waals surface area contributed by atoms with E-state index in [1.54, 1.807) is 6.33 Å². The molecule has 8 heteroatoms. The van der Waals surface area contributed by atoms with E-state index in [0.29, 0.717) is 12.4 Å². The number of carbonyl (C=O) groups is 1. The van der Waals surface area contributed by atoms with Gasteiger partial charge in [-0.15, -0.1) is 10.2 Å². The van der Waals surface area contributed by atoms with Crippen molar-refractivity contribution in [2.45, 2.75) is 20.0 Å². The number of para-hydroxylation sites is 1. The molecule has 0 spiro atoms. The van der Waals surface area contributed by atoms with Crippen molar-refractivity contribution in [3.05, 3.63) is 42.0 Å². The van der Waals surface area contributed by atoms with E-state index in [2.05, 4.69) is 20.8 Å². The van der Waals surface area contributed by atoms with E-state index in [4.69, 9.17) is 0 Å². The summed E-state index contributed by atoms with van der Waals surface area (Å²) in [4.78, 5) is 11.7. The molecule has 1 aromatic heterocycles. The summed E-state index contributed by atoms with van der Waals surface area (Å²) in [6.07, 6.45) is 1.59. The lowest BCUT2D eigenvalue weighted by Gasteiger charge is -2.08. The topological polar surface area (TPSA) is 71.8 Å². The van der Waals surface area contributed by atoms with Crippen LogP contribution < -0.4 is 10.6 Å². The standard InChI is InChI=1S/C13H15F2N5O/c1-2-20-8-17-19-11(20)6-16-7-12(21)18-13-9(14)4-3-5-10(13)15/h3-5,8,16H,2,6-7H2,1H3,(H,18,21). The number of nitrogens with one attached hydrogen (secondary N) is 2. The quantitative estimate of drug-likeness (QED) is 0.843. The number of hydrogen-bond acceptors (Lipinski definition) is 4. The number of anilines is 1. The van der Waals surface area contributed by atoms with Crippen molar-refractivity contribution >= 4 is 11.6 Å². The Bertz CT molecular complexity index is 609. The van der Waals surface area contributed by atoms with Crippen LogP contribution in [0.2, 0.25) is 0 Å². The van der Waals surface area contributed by atoms with Crippen molar-refractivity contribution in [3.63, 3.8) is 0 Å². The molecule has 0 fully saturated rings. The van der Waals surface area contributed by atoms with Crippen LogP contribution in [0.3, 0.4) is 0 Å². The van der Waals surface area contributed by atoms with E-state index in [-0.39, 0.29) is 6.54 Å². The fourth-order valence-corrected chi connectivity index (χ4v) is 1.77. The van der Waals surface area contributed by atoms with Crippen LogP contribution in [0.15, 0.2) is 24.5 Å². The predicted octanol–water partition coefficient (Wildman–Crippen LogP) is 1.30. The van der Waals surface area contributed by atoms with Gasteiger partial charge in [0.05, 0.1) is 13.1 Å². The summed E-state index contributed by atoms with van der Waals surface area (Å²) in [6, 6.07) is 3.39. The summed E-state index contributed by atoms with van der Waals surface area (Å²) in [6.45, 7) is 2.91. The van der Waals surface area contributed by atoms with Crippen LogP contribution >= 0.6 is 0 Å². The largest absolute Gasteiger partial charge is 0.320 e. The van der Waals surface area contributed by atoms with E-state index in [9.17, 15) is 13.6 Å². The highest BCUT2D eigenvalue weighted by atomic mass is 19.1. The molecule has 0 aliphatic rings. The number of carbonyl (C=O) groups excluding carboxylic acids is 1. The zero-order chi connectivity index (χ0) is 15.2. The number of amides is 1. The first-order valence-corrected chi connectivity index (χ1v) is 6.43. The molecule has 0 saturated heterocycles. The van der Waals surface area contributed by atoms with E-state index < -0.39 is 23.2 Å². The van der Waals surface area contributed by atoms with Gasteiger partial charge in [0, 0.05) is 6.54 Å². The number of hydrogen-bond donors (Lipinski definition) is 2. The maximum atomic E-state index is 13.4. The van der Waals surface area contributed by atoms with Crippen molar-refractivity contribution in [1.29, 1.82) is 0 Å². The molecule has 0 bridgehead atoms. The Morgan fingerprint density at radius 3 is 2.71 bits per heavy atom. The summed E-state index contributed by atoms with van der Waals surface area (Å²) >= 11 is 0. The molecule has 0 radical (unpaired) electrons. The van der Waals surface area contributed by atoms with Crippen molar-refractivity contribution in [1.82, 2.24) is 20.1 Å². The van der Waals surface area contributed by atoms with Gasteiger partial charge in [-0.05, 0) is 19.1 Å². The minimum Gasteiger partial charge on any atom is -0.320 e. The average molecular weight is 295 g/mol. The first kappa shape index (κ1) is 15.0. The van der Waals surface area contributed by atoms with Crippen LogP contribution in [-0.2, 0) is 17.9 Å². The molecule has 112 valence electrons. The van der Waals surface area contributed by atoms with Gasteiger partial charge in [0.15, 0.2) is 0 Å². The van der Waals surface area contributed by atoms with Crippen LogP contribution in [0.5, 0.6) is 0 Å². The molecule has 1 aromatic carbocycles. The van der Waals surface area contributed by atoms with Crippen molar-refractivity contribution in [2.75, 3.05) is 11.9 Å². The zero-order valence-corrected chi connectivity index (χ0v) is 11.4. The third kappa shape index (κ3) is 3.82. The number of rotatable bonds is 6. The van der Waals surface area contributed by atoms with E-state index in [1.165, 1.54) is 6.07 Å². The van der Waals surface area contributed by atoms with Crippen LogP contribution in [-0.4, -0.2) is 27.2 Å². The Hall–Kier alpha value is -2.35. The number of benzene rings is 1. The zero-order valence-electron chi connectivity index (χ0n) is 11.4. The first-order valence-electron chi connectivity index (χ1n) is 6.43. The highest BCUT2D eigenvalue weighted by molar-refractivity contribution is 5.92. The Labute approximate surface area is 120 Å². The molecule has 21 heavy (non-hydrogen) atoms. The molecule has 2 aromatic rings. The number of aryl methyl sites for hydroxylation is 1. The highest BCUT2D eigenvalue weighted by Gasteiger charge is 2.11. The van der Waals surface area contributed by atoms with Gasteiger partial charge >= 0.3 is 0 Å². The van der Waals surface area contributed by atoms with E-state index in [0.717, 1.165) is 18.7 Å². The second kappa shape index (κ2) is 6.89. The third-order valence-electron chi connectivity index (χ3n) is 2.83. The summed E-state index contributed by atoms with van der Waals surface area (Å²) in [7, 11) is 0. The number of halogens is 2. The van der Waals surface area contributed by atoms with Crippen LogP contribution in [0, 0.1) is 11.6 Å². The first-order chi connectivity index (χ1) is 10.1. The van der Waals surface area contributed by atoms with Crippen molar-refractivity contribution in [3.8, 4) is 0 Å². The SMILES string of the molecule is CCn1cnnc1CNCC(=O)Nc1c(F)cccc1F. The van der Waals surface area contributed by atoms with Crippen LogP contribution in [0.4, 0.5) is 14.5 Å². The van der Waals surface area contributed by atoms with Gasteiger partial charge < -0.3 is 15.2 Å². The molecule has 0 aliphatic heterocycles. The Balaban J connectivity index is 1.85. The monoisotopic (exact) mass is 295 g/mol. The van der Waals surface area contributed by atoms with Crippen molar-refractivity contribution in [2.24, 2.45) is 0 Å². The molecule has 2 rings (SSSR count). The lowest BCUT2D eigenvalue weighted by Crippen LogP contribution is -2.29. The summed E-state index contributed by atoms with van der Waals surface area (Å²) in [5.41, 5.74) is -0.443. The number of nitrogens with zero attached hydrogens (tertiary/aromatic N) is 3. The molecular formula is C13H15F2N5O. The van der Waals surface area contributed by atoms with Crippen molar-refractivity contribution < 1.29 is 13.6 Å². The van der Waals surface area contributed by atoms with Crippen LogP contribution in [0.25, 0.3) is 0 Å². The van der Waals surface area contributed by atoms with Gasteiger partial charge in [-0.2, -0.15) is 0 Å². The maximum absolute atomic E-state index is 13.4. The molecule has 0 unspecified atom stereocenters. The highest BCUT2D eigenvalue weighted by Crippen LogP contribution is 2.17. The Kier molecular flexibility index (Phi) is 4.94. The van der Waals surface area contributed by atoms with E-state index in [1.807, 2.05) is 11.5 Å². The second-order valence-corrected chi connectivity index (χ2v) is 4.28. The molecule has 2 N–H and O–H groups in total. The smallest absolute Gasteiger partial charge is 0.238 e. The molecule has 1 heterocycles. The third-order valence-corrected chi connectivity index (χ3v) is 2.83. The molecule has 0 atom stereocenters. The van der Waals surface area contributed by atoms with E-state index >= 15 is 0 Å². The lowest BCUT2D eigenvalue weighted by molar-refractivity contribution is -0.115. The summed E-state index contributed by atoms with van der Waals surface area (Å²) < 4.78 is 28.5. The minimum atomic E-state index is -0.811. The normalized spacial score (nSPS) is 10.6. The van der Waals surface area contributed by atoms with Gasteiger partial charge in [-0.3, -0.25) is 4.79 Å². The lowest BCUT2D eigenvalue weighted by atomic mass is 10.3. The molecule has 0 aliphatic carbocycles. The molecular weight excluding hydrogens is 280 g/mol. The van der Waals surface area contributed by atoms with Crippen LogP contribution in [0.1, 0.15) is 12.7 Å². The number of aromatic nitrogens is 3. The van der Waals surface area contributed by atoms with Gasteiger partial charge in [0.2, 0.25) is 5.91 Å². The Morgan fingerprint density at radius 2 is 2.05 bits per heavy atom. The average Bonchev–Trinajstić information content (AvgIpc) is 2.90. The summed E-state index contributed by atoms with van der Waals surface area (Å²) in [5.74, 6) is -1.48. The fraction of sp³-hybridized carbons (Fsp3) is 0.308. The summed E-state index contributed by atoms with van der Waals surface area (Å²) in [5, 5.41) is 12.7. The molecule has 6 nitrogen and oxygen atoms in total. The van der Waals surface area contributed by atoms with Gasteiger partial charge in [-0.1, -0.05) is 6.07 Å². The van der Waals surface area contributed by atoms with Gasteiger partial charge in [-0.25, -0.2) is 8.78 Å². The maximum Gasteiger partial charge on any atom is 0.238 e. The molecule has 0 saturated carbocycles. The second-order valence-electron chi connectivity index (χ2n) is 4.28.